The summed E-state index contributed by atoms with van der Waals surface area (Å²) in [6.45, 7) is 0. The molecule has 0 aliphatic carbocycles. The summed E-state index contributed by atoms with van der Waals surface area (Å²) < 4.78 is 0. The Bertz CT molecular complexity index is 1480. The number of nitrogens with one attached hydrogen (secondary N) is 2. The van der Waals surface area contributed by atoms with Crippen LogP contribution in [0.1, 0.15) is 0 Å². The van der Waals surface area contributed by atoms with Gasteiger partial charge in [-0.1, -0.05) is 0 Å². The first-order chi connectivity index (χ1) is 14.9. The summed E-state index contributed by atoms with van der Waals surface area (Å²) in [5, 5.41) is 9.67. The van der Waals surface area contributed by atoms with Gasteiger partial charge in [0.25, 0.3) is 0 Å². The largest absolute Gasteiger partial charge is 0.353 e. The molecular weight excluding hydrogens is 374 g/mol. The normalized spacial score (nSPS) is 11.3. The zero-order chi connectivity index (χ0) is 19.9. The van der Waals surface area contributed by atoms with Crippen LogP contribution in [-0.4, -0.2) is 35.1 Å². The Morgan fingerprint density at radius 2 is 1.57 bits per heavy atom. The molecule has 6 rings (SSSR count). The van der Waals surface area contributed by atoms with Gasteiger partial charge in [0.2, 0.25) is 0 Å². The van der Waals surface area contributed by atoms with Gasteiger partial charge in [0.15, 0.2) is 0 Å². The second kappa shape index (κ2) is 6.59. The van der Waals surface area contributed by atoms with Gasteiger partial charge in [0.1, 0.15) is 5.69 Å². The Morgan fingerprint density at radius 1 is 0.667 bits per heavy atom. The van der Waals surface area contributed by atoms with Gasteiger partial charge >= 0.3 is 0 Å². The van der Waals surface area contributed by atoms with Crippen LogP contribution in [0.25, 0.3) is 55.7 Å². The van der Waals surface area contributed by atoms with Crippen molar-refractivity contribution >= 4 is 21.8 Å². The second-order valence-electron chi connectivity index (χ2n) is 6.97. The smallest absolute Gasteiger partial charge is 0.116 e. The third kappa shape index (κ3) is 2.64. The van der Waals surface area contributed by atoms with Gasteiger partial charge < -0.3 is 4.98 Å². The van der Waals surface area contributed by atoms with Crippen molar-refractivity contribution in [3.8, 4) is 33.9 Å². The predicted molar refractivity (Wildman–Crippen MR) is 115 cm³/mol. The molecule has 0 fully saturated rings. The molecule has 142 valence electrons. The average molecular weight is 389 g/mol. The number of rotatable bonds is 3. The molecule has 7 nitrogen and oxygen atoms in total. The lowest BCUT2D eigenvalue weighted by atomic mass is 10.1. The summed E-state index contributed by atoms with van der Waals surface area (Å²) in [6, 6.07) is 13.9. The van der Waals surface area contributed by atoms with E-state index >= 15 is 0 Å². The van der Waals surface area contributed by atoms with Gasteiger partial charge in [-0.05, 0) is 42.5 Å². The first-order valence-corrected chi connectivity index (χ1v) is 9.50. The molecule has 6 aromatic heterocycles. The van der Waals surface area contributed by atoms with Crippen LogP contribution >= 0.6 is 0 Å². The molecule has 0 atom stereocenters. The minimum atomic E-state index is 0.844. The lowest BCUT2D eigenvalue weighted by Gasteiger charge is -2.01. The summed E-state index contributed by atoms with van der Waals surface area (Å²) in [5.41, 5.74) is 7.40. The van der Waals surface area contributed by atoms with Crippen LogP contribution in [0.2, 0.25) is 0 Å². The molecule has 2 N–H and O–H groups in total. The van der Waals surface area contributed by atoms with Crippen LogP contribution in [0.4, 0.5) is 0 Å². The third-order valence-electron chi connectivity index (χ3n) is 5.16. The highest BCUT2D eigenvalue weighted by Crippen LogP contribution is 2.33. The molecule has 7 heteroatoms. The van der Waals surface area contributed by atoms with Crippen molar-refractivity contribution in [2.45, 2.75) is 0 Å². The Morgan fingerprint density at radius 3 is 2.43 bits per heavy atom. The number of H-pyrrole nitrogens is 2. The molecule has 0 bridgehead atoms. The second-order valence-corrected chi connectivity index (χ2v) is 6.97. The van der Waals surface area contributed by atoms with E-state index in [2.05, 4.69) is 47.2 Å². The minimum Gasteiger partial charge on any atom is -0.353 e. The van der Waals surface area contributed by atoms with Crippen molar-refractivity contribution < 1.29 is 0 Å². The molecule has 0 aliphatic heterocycles. The summed E-state index contributed by atoms with van der Waals surface area (Å²) >= 11 is 0. The maximum atomic E-state index is 4.58. The fraction of sp³-hybridized carbons (Fsp3) is 0. The Labute approximate surface area is 170 Å². The van der Waals surface area contributed by atoms with Gasteiger partial charge in [-0.2, -0.15) is 5.10 Å². The zero-order valence-electron chi connectivity index (χ0n) is 15.7. The third-order valence-corrected chi connectivity index (χ3v) is 5.16. The van der Waals surface area contributed by atoms with Crippen LogP contribution in [-0.2, 0) is 0 Å². The molecule has 0 aliphatic rings. The summed E-state index contributed by atoms with van der Waals surface area (Å²) in [4.78, 5) is 20.9. The molecule has 6 aromatic rings. The van der Waals surface area contributed by atoms with E-state index in [4.69, 9.17) is 0 Å². The average Bonchev–Trinajstić information content (AvgIpc) is 3.43. The minimum absolute atomic E-state index is 0.844. The Balaban J connectivity index is 1.52. The van der Waals surface area contributed by atoms with Crippen molar-refractivity contribution in [2.24, 2.45) is 0 Å². The van der Waals surface area contributed by atoms with Gasteiger partial charge in [-0.3, -0.25) is 25.0 Å². The van der Waals surface area contributed by atoms with Crippen LogP contribution < -0.4 is 0 Å². The quantitative estimate of drug-likeness (QED) is 0.460. The highest BCUT2D eigenvalue weighted by molar-refractivity contribution is 6.00. The number of aromatic nitrogens is 7. The first kappa shape index (κ1) is 16.6. The van der Waals surface area contributed by atoms with Crippen LogP contribution in [0.5, 0.6) is 0 Å². The number of fused-ring (bicyclic) bond motifs is 2. The van der Waals surface area contributed by atoms with E-state index < -0.39 is 0 Å². The summed E-state index contributed by atoms with van der Waals surface area (Å²) in [6.07, 6.45) is 10.7. The SMILES string of the molecule is c1cncc(-c2nccc3[nH]c(-c4n[nH]c5cnc(-c6ccncc6)cc45)cc23)c1. The molecule has 0 aromatic carbocycles. The van der Waals surface area contributed by atoms with Gasteiger partial charge in [-0.25, -0.2) is 0 Å². The van der Waals surface area contributed by atoms with Gasteiger partial charge in [-0.15, -0.1) is 0 Å². The van der Waals surface area contributed by atoms with E-state index in [-0.39, 0.29) is 0 Å². The number of nitrogens with zero attached hydrogens (tertiary/aromatic N) is 5. The molecule has 0 saturated carbocycles. The van der Waals surface area contributed by atoms with Gasteiger partial charge in [0, 0.05) is 58.4 Å². The van der Waals surface area contributed by atoms with Crippen LogP contribution in [0.15, 0.2) is 79.6 Å². The monoisotopic (exact) mass is 389 g/mol. The molecule has 0 unspecified atom stereocenters. The zero-order valence-corrected chi connectivity index (χ0v) is 15.7. The van der Waals surface area contributed by atoms with Crippen LogP contribution in [0.3, 0.4) is 0 Å². The van der Waals surface area contributed by atoms with E-state index in [0.717, 1.165) is 55.7 Å². The summed E-state index contributed by atoms with van der Waals surface area (Å²) in [7, 11) is 0. The lowest BCUT2D eigenvalue weighted by molar-refractivity contribution is 1.11. The number of hydrogen-bond donors (Lipinski definition) is 2. The van der Waals surface area contributed by atoms with E-state index in [1.54, 1.807) is 24.8 Å². The predicted octanol–water partition coefficient (Wildman–Crippen LogP) is 4.63. The fourth-order valence-corrected chi connectivity index (χ4v) is 3.72. The maximum Gasteiger partial charge on any atom is 0.116 e. The molecule has 0 saturated heterocycles. The molecule has 6 heterocycles. The van der Waals surface area contributed by atoms with Crippen molar-refractivity contribution in [2.75, 3.05) is 0 Å². The van der Waals surface area contributed by atoms with E-state index in [9.17, 15) is 0 Å². The molecular formula is C23H15N7. The molecule has 0 spiro atoms. The number of hydrogen-bond acceptors (Lipinski definition) is 5. The topological polar surface area (TPSA) is 96.0 Å². The molecule has 0 amide bonds. The Kier molecular flexibility index (Phi) is 3.64. The first-order valence-electron chi connectivity index (χ1n) is 9.50. The van der Waals surface area contributed by atoms with Crippen molar-refractivity contribution in [3.05, 3.63) is 79.6 Å². The van der Waals surface area contributed by atoms with Crippen LogP contribution in [0, 0.1) is 0 Å². The van der Waals surface area contributed by atoms with E-state index in [1.165, 1.54) is 0 Å². The highest BCUT2D eigenvalue weighted by atomic mass is 15.1. The standard InChI is InChI=1S/C23H15N7/c1-2-15(12-25-6-1)22-16-11-20(28-18(16)5-9-26-22)23-17-10-19(14-3-7-24-8-4-14)27-13-21(17)29-30-23/h1-13,28H,(H,29,30). The molecule has 0 radical (unpaired) electrons. The van der Waals surface area contributed by atoms with Crippen molar-refractivity contribution in [3.63, 3.8) is 0 Å². The fourth-order valence-electron chi connectivity index (χ4n) is 3.72. The van der Waals surface area contributed by atoms with E-state index in [0.29, 0.717) is 0 Å². The van der Waals surface area contributed by atoms with Crippen molar-refractivity contribution in [1.29, 1.82) is 0 Å². The van der Waals surface area contributed by atoms with Crippen molar-refractivity contribution in [1.82, 2.24) is 35.1 Å². The number of aromatic amines is 2. The number of pyridine rings is 4. The van der Waals surface area contributed by atoms with Gasteiger partial charge in [0.05, 0.1) is 28.8 Å². The molecule has 30 heavy (non-hydrogen) atoms. The Hall–Kier alpha value is -4.39. The highest BCUT2D eigenvalue weighted by Gasteiger charge is 2.15. The summed E-state index contributed by atoms with van der Waals surface area (Å²) in [5.74, 6) is 0. The van der Waals surface area contributed by atoms with E-state index in [1.807, 2.05) is 42.7 Å². The maximum absolute atomic E-state index is 4.58. The lowest BCUT2D eigenvalue weighted by Crippen LogP contribution is -1.84.